The zero-order valence-corrected chi connectivity index (χ0v) is 14.6. The van der Waals surface area contributed by atoms with E-state index in [2.05, 4.69) is 40.9 Å². The van der Waals surface area contributed by atoms with Crippen LogP contribution in [0.3, 0.4) is 0 Å². The highest BCUT2D eigenvalue weighted by Gasteiger charge is 2.13. The van der Waals surface area contributed by atoms with Crippen LogP contribution < -0.4 is 5.32 Å². The average molecular weight is 405 g/mol. The maximum absolute atomic E-state index is 12.3. The van der Waals surface area contributed by atoms with Crippen molar-refractivity contribution >= 4 is 45.2 Å². The lowest BCUT2D eigenvalue weighted by Crippen LogP contribution is -2.14. The summed E-state index contributed by atoms with van der Waals surface area (Å²) in [5.74, 6) is -0.0370. The van der Waals surface area contributed by atoms with Crippen molar-refractivity contribution in [2.45, 2.75) is 20.3 Å². The summed E-state index contributed by atoms with van der Waals surface area (Å²) in [5, 5.41) is 3.97. The van der Waals surface area contributed by atoms with Crippen LogP contribution in [0.1, 0.15) is 16.7 Å². The van der Waals surface area contributed by atoms with Crippen LogP contribution >= 0.6 is 22.6 Å². The molecule has 0 unspecified atom stereocenters. The second kappa shape index (κ2) is 6.12. The third-order valence-corrected chi connectivity index (χ3v) is 4.78. The fourth-order valence-electron chi connectivity index (χ4n) is 2.46. The summed E-state index contributed by atoms with van der Waals surface area (Å²) in [7, 11) is 0. The van der Waals surface area contributed by atoms with E-state index in [-0.39, 0.29) is 5.91 Å². The van der Waals surface area contributed by atoms with E-state index in [1.165, 1.54) is 5.56 Å². The normalized spacial score (nSPS) is 10.9. The van der Waals surface area contributed by atoms with Crippen molar-refractivity contribution in [3.8, 4) is 0 Å². The Labute approximate surface area is 142 Å². The van der Waals surface area contributed by atoms with E-state index in [0.29, 0.717) is 6.42 Å². The Kier molecular flexibility index (Phi) is 4.20. The summed E-state index contributed by atoms with van der Waals surface area (Å²) in [6.45, 7) is 4.10. The van der Waals surface area contributed by atoms with Crippen LogP contribution in [0.2, 0.25) is 0 Å². The van der Waals surface area contributed by atoms with Gasteiger partial charge >= 0.3 is 0 Å². The minimum absolute atomic E-state index is 0.0370. The number of aryl methyl sites for hydroxylation is 2. The van der Waals surface area contributed by atoms with Gasteiger partial charge in [0.2, 0.25) is 5.91 Å². The number of hydrogen-bond donors (Lipinski definition) is 1. The van der Waals surface area contributed by atoms with Crippen molar-refractivity contribution in [3.05, 3.63) is 62.9 Å². The van der Waals surface area contributed by atoms with E-state index in [0.717, 1.165) is 31.4 Å². The highest BCUT2D eigenvalue weighted by Crippen LogP contribution is 2.27. The van der Waals surface area contributed by atoms with Crippen molar-refractivity contribution in [1.29, 1.82) is 0 Å². The first-order valence-corrected chi connectivity index (χ1v) is 8.15. The largest absolute Gasteiger partial charge is 0.464 e. The minimum atomic E-state index is -0.0370. The van der Waals surface area contributed by atoms with Gasteiger partial charge in [0.15, 0.2) is 0 Å². The lowest BCUT2D eigenvalue weighted by atomic mass is 10.0. The second-order valence-electron chi connectivity index (χ2n) is 5.35. The first-order valence-electron chi connectivity index (χ1n) is 7.07. The number of amides is 1. The maximum Gasteiger partial charge on any atom is 0.228 e. The molecule has 1 aromatic heterocycles. The molecule has 2 aromatic carbocycles. The molecule has 0 atom stereocenters. The number of furan rings is 1. The van der Waals surface area contributed by atoms with Crippen LogP contribution in [-0.4, -0.2) is 5.91 Å². The summed E-state index contributed by atoms with van der Waals surface area (Å²) in [4.78, 5) is 12.3. The topological polar surface area (TPSA) is 42.2 Å². The molecular weight excluding hydrogens is 389 g/mol. The molecular formula is C18H16INO2. The SMILES string of the molecule is Cc1ccc2c(CC(=O)Nc3ccccc3I)coc2c1C. The molecule has 1 amide bonds. The van der Waals surface area contributed by atoms with E-state index in [1.54, 1.807) is 6.26 Å². The van der Waals surface area contributed by atoms with Gasteiger partial charge in [0.05, 0.1) is 18.4 Å². The molecule has 0 aliphatic heterocycles. The molecule has 3 aromatic rings. The average Bonchev–Trinajstić information content (AvgIpc) is 2.89. The first kappa shape index (κ1) is 15.1. The first-order chi connectivity index (χ1) is 10.6. The van der Waals surface area contributed by atoms with E-state index >= 15 is 0 Å². The predicted octanol–water partition coefficient (Wildman–Crippen LogP) is 4.84. The van der Waals surface area contributed by atoms with Gasteiger partial charge in [-0.15, -0.1) is 0 Å². The van der Waals surface area contributed by atoms with Gasteiger partial charge < -0.3 is 9.73 Å². The molecule has 1 heterocycles. The predicted molar refractivity (Wildman–Crippen MR) is 97.2 cm³/mol. The van der Waals surface area contributed by atoms with E-state index in [1.807, 2.05) is 37.3 Å². The third kappa shape index (κ3) is 2.88. The molecule has 1 N–H and O–H groups in total. The lowest BCUT2D eigenvalue weighted by molar-refractivity contribution is -0.115. The molecule has 22 heavy (non-hydrogen) atoms. The molecule has 0 spiro atoms. The molecule has 0 aliphatic carbocycles. The van der Waals surface area contributed by atoms with E-state index < -0.39 is 0 Å². The van der Waals surface area contributed by atoms with Crippen molar-refractivity contribution in [2.24, 2.45) is 0 Å². The second-order valence-corrected chi connectivity index (χ2v) is 6.51. The van der Waals surface area contributed by atoms with Crippen molar-refractivity contribution in [3.63, 3.8) is 0 Å². The fourth-order valence-corrected chi connectivity index (χ4v) is 2.98. The summed E-state index contributed by atoms with van der Waals surface area (Å²) in [5.41, 5.74) is 4.95. The summed E-state index contributed by atoms with van der Waals surface area (Å²) in [6.07, 6.45) is 1.99. The number of para-hydroxylation sites is 1. The van der Waals surface area contributed by atoms with Gasteiger partial charge in [-0.2, -0.15) is 0 Å². The molecule has 0 saturated carbocycles. The van der Waals surface area contributed by atoms with Gasteiger partial charge in [-0.25, -0.2) is 0 Å². The number of fused-ring (bicyclic) bond motifs is 1. The standard InChI is InChI=1S/C18H16INO2/c1-11-7-8-14-13(10-22-18(14)12(11)2)9-17(21)20-16-6-4-3-5-15(16)19/h3-8,10H,9H2,1-2H3,(H,20,21). The van der Waals surface area contributed by atoms with Gasteiger partial charge in [-0.1, -0.05) is 24.3 Å². The van der Waals surface area contributed by atoms with Crippen LogP contribution in [0, 0.1) is 17.4 Å². The molecule has 0 bridgehead atoms. The summed E-state index contributed by atoms with van der Waals surface area (Å²) in [6, 6.07) is 11.8. The van der Waals surface area contributed by atoms with E-state index in [9.17, 15) is 4.79 Å². The smallest absolute Gasteiger partial charge is 0.228 e. The minimum Gasteiger partial charge on any atom is -0.464 e. The lowest BCUT2D eigenvalue weighted by Gasteiger charge is -2.06. The highest BCUT2D eigenvalue weighted by atomic mass is 127. The third-order valence-electron chi connectivity index (χ3n) is 3.84. The van der Waals surface area contributed by atoms with Gasteiger partial charge in [-0.05, 0) is 59.7 Å². The Morgan fingerprint density at radius 1 is 1.18 bits per heavy atom. The monoisotopic (exact) mass is 405 g/mol. The Morgan fingerprint density at radius 2 is 1.95 bits per heavy atom. The fraction of sp³-hybridized carbons (Fsp3) is 0.167. The Balaban J connectivity index is 1.83. The van der Waals surface area contributed by atoms with Crippen LogP contribution in [0.25, 0.3) is 11.0 Å². The van der Waals surface area contributed by atoms with Crippen LogP contribution in [0.15, 0.2) is 47.1 Å². The highest BCUT2D eigenvalue weighted by molar-refractivity contribution is 14.1. The van der Waals surface area contributed by atoms with E-state index in [4.69, 9.17) is 4.42 Å². The summed E-state index contributed by atoms with van der Waals surface area (Å²) < 4.78 is 6.68. The van der Waals surface area contributed by atoms with Crippen molar-refractivity contribution < 1.29 is 9.21 Å². The van der Waals surface area contributed by atoms with Crippen LogP contribution in [0.5, 0.6) is 0 Å². The van der Waals surface area contributed by atoms with Gasteiger partial charge in [-0.3, -0.25) is 4.79 Å². The van der Waals surface area contributed by atoms with Crippen LogP contribution in [0.4, 0.5) is 5.69 Å². The molecule has 4 heteroatoms. The number of halogens is 1. The number of carbonyl (C=O) groups excluding carboxylic acids is 1. The zero-order valence-electron chi connectivity index (χ0n) is 12.4. The van der Waals surface area contributed by atoms with Crippen molar-refractivity contribution in [2.75, 3.05) is 5.32 Å². The molecule has 0 saturated heterocycles. The number of rotatable bonds is 3. The number of anilines is 1. The number of benzene rings is 2. The van der Waals surface area contributed by atoms with Crippen molar-refractivity contribution in [1.82, 2.24) is 0 Å². The number of nitrogens with one attached hydrogen (secondary N) is 1. The molecule has 112 valence electrons. The Bertz CT molecular complexity index is 851. The number of hydrogen-bond acceptors (Lipinski definition) is 2. The molecule has 0 aliphatic rings. The molecule has 0 radical (unpaired) electrons. The van der Waals surface area contributed by atoms with Gasteiger partial charge in [0.25, 0.3) is 0 Å². The quantitative estimate of drug-likeness (QED) is 0.634. The van der Waals surface area contributed by atoms with Gasteiger partial charge in [0, 0.05) is 14.5 Å². The maximum atomic E-state index is 12.3. The Hall–Kier alpha value is -1.82. The summed E-state index contributed by atoms with van der Waals surface area (Å²) >= 11 is 2.21. The van der Waals surface area contributed by atoms with Gasteiger partial charge in [0.1, 0.15) is 5.58 Å². The zero-order chi connectivity index (χ0) is 15.7. The molecule has 3 nitrogen and oxygen atoms in total. The Morgan fingerprint density at radius 3 is 2.73 bits per heavy atom. The molecule has 0 fully saturated rings. The molecule has 3 rings (SSSR count). The van der Waals surface area contributed by atoms with Crippen LogP contribution in [-0.2, 0) is 11.2 Å². The number of carbonyl (C=O) groups is 1.